The van der Waals surface area contributed by atoms with E-state index in [4.69, 9.17) is 16.3 Å². The molecule has 0 saturated heterocycles. The Bertz CT molecular complexity index is 1350. The molecule has 0 aromatic heterocycles. The van der Waals surface area contributed by atoms with Crippen LogP contribution in [-0.4, -0.2) is 57.6 Å². The standard InChI is InChI=1S/C23H24ClF3N4O5S/c1-5-36-20(32)22(2)13-31(29-19(22)14-6-11-17(18(24)12-14)23(25,26)27)21(33)28-15-7-9-16(10-8-15)30(3)37(4,34)35/h6-12H,5,13H2,1-4H3,(H,28,33). The minimum atomic E-state index is -4.67. The molecule has 2 amide bonds. The van der Waals surface area contributed by atoms with Crippen LogP contribution >= 0.6 is 11.6 Å². The Morgan fingerprint density at radius 1 is 1.22 bits per heavy atom. The molecular weight excluding hydrogens is 537 g/mol. The lowest BCUT2D eigenvalue weighted by Crippen LogP contribution is -2.42. The van der Waals surface area contributed by atoms with Crippen LogP contribution in [0, 0.1) is 5.41 Å². The monoisotopic (exact) mass is 560 g/mol. The fourth-order valence-electron chi connectivity index (χ4n) is 3.61. The molecule has 0 radical (unpaired) electrons. The number of nitrogens with zero attached hydrogens (tertiary/aromatic N) is 3. The fourth-order valence-corrected chi connectivity index (χ4v) is 4.40. The Balaban J connectivity index is 1.91. The lowest BCUT2D eigenvalue weighted by molar-refractivity contribution is -0.150. The van der Waals surface area contributed by atoms with E-state index in [0.717, 1.165) is 33.8 Å². The third kappa shape index (κ3) is 5.99. The Hall–Kier alpha value is -3.32. The summed E-state index contributed by atoms with van der Waals surface area (Å²) in [6.45, 7) is 2.85. The number of hydrogen-bond acceptors (Lipinski definition) is 6. The van der Waals surface area contributed by atoms with Crippen molar-refractivity contribution in [3.63, 3.8) is 0 Å². The van der Waals surface area contributed by atoms with Gasteiger partial charge < -0.3 is 10.1 Å². The third-order valence-corrected chi connectivity index (χ3v) is 7.22. The van der Waals surface area contributed by atoms with Gasteiger partial charge in [0.15, 0.2) is 0 Å². The second-order valence-corrected chi connectivity index (χ2v) is 10.9. The van der Waals surface area contributed by atoms with E-state index in [1.54, 1.807) is 6.92 Å². The number of esters is 1. The highest BCUT2D eigenvalue weighted by Gasteiger charge is 2.49. The van der Waals surface area contributed by atoms with Crippen LogP contribution in [0.4, 0.5) is 29.3 Å². The number of alkyl halides is 3. The zero-order chi connectivity index (χ0) is 27.8. The van der Waals surface area contributed by atoms with Crippen LogP contribution < -0.4 is 9.62 Å². The number of hydrogen-bond donors (Lipinski definition) is 1. The highest BCUT2D eigenvalue weighted by molar-refractivity contribution is 7.92. The van der Waals surface area contributed by atoms with Gasteiger partial charge in [-0.1, -0.05) is 17.7 Å². The van der Waals surface area contributed by atoms with Crippen molar-refractivity contribution in [2.24, 2.45) is 10.5 Å². The predicted molar refractivity (Wildman–Crippen MR) is 133 cm³/mol. The molecule has 2 aromatic rings. The molecule has 0 bridgehead atoms. The lowest BCUT2D eigenvalue weighted by Gasteiger charge is -2.24. The molecule has 1 unspecified atom stereocenters. The van der Waals surface area contributed by atoms with Gasteiger partial charge in [0.25, 0.3) is 0 Å². The van der Waals surface area contributed by atoms with E-state index >= 15 is 0 Å². The number of carbonyl (C=O) groups excluding carboxylic acids is 2. The number of amides is 2. The molecule has 1 aliphatic rings. The summed E-state index contributed by atoms with van der Waals surface area (Å²) in [6, 6.07) is 8.16. The minimum absolute atomic E-state index is 0.0156. The van der Waals surface area contributed by atoms with Crippen LogP contribution in [-0.2, 0) is 25.7 Å². The van der Waals surface area contributed by atoms with Crippen molar-refractivity contribution in [2.45, 2.75) is 20.0 Å². The summed E-state index contributed by atoms with van der Waals surface area (Å²) in [5.41, 5.74) is -1.71. The smallest absolute Gasteiger partial charge is 0.417 e. The summed E-state index contributed by atoms with van der Waals surface area (Å²) in [5, 5.41) is 7.21. The summed E-state index contributed by atoms with van der Waals surface area (Å²) >= 11 is 5.87. The minimum Gasteiger partial charge on any atom is -0.465 e. The molecule has 0 fully saturated rings. The van der Waals surface area contributed by atoms with Crippen molar-refractivity contribution in [1.29, 1.82) is 0 Å². The van der Waals surface area contributed by atoms with Gasteiger partial charge in [-0.05, 0) is 50.2 Å². The van der Waals surface area contributed by atoms with Gasteiger partial charge in [-0.2, -0.15) is 18.3 Å². The van der Waals surface area contributed by atoms with Crippen molar-refractivity contribution in [3.05, 3.63) is 58.6 Å². The summed E-state index contributed by atoms with van der Waals surface area (Å²) < 4.78 is 69.1. The van der Waals surface area contributed by atoms with Crippen molar-refractivity contribution in [3.8, 4) is 0 Å². The van der Waals surface area contributed by atoms with Gasteiger partial charge in [-0.3, -0.25) is 9.10 Å². The molecule has 0 spiro atoms. The number of hydrazone groups is 1. The number of ether oxygens (including phenoxy) is 1. The summed E-state index contributed by atoms with van der Waals surface area (Å²) in [4.78, 5) is 25.8. The Kier molecular flexibility index (Phi) is 7.80. The number of urea groups is 1. The number of carbonyl (C=O) groups is 2. The van der Waals surface area contributed by atoms with Gasteiger partial charge >= 0.3 is 18.2 Å². The maximum Gasteiger partial charge on any atom is 0.417 e. The molecule has 9 nitrogen and oxygen atoms in total. The third-order valence-electron chi connectivity index (χ3n) is 5.70. The summed E-state index contributed by atoms with van der Waals surface area (Å²) in [7, 11) is -2.09. The molecule has 2 aromatic carbocycles. The molecule has 1 atom stereocenters. The lowest BCUT2D eigenvalue weighted by atomic mass is 9.82. The van der Waals surface area contributed by atoms with Crippen LogP contribution in [0.1, 0.15) is 25.0 Å². The van der Waals surface area contributed by atoms with Crippen LogP contribution in [0.3, 0.4) is 0 Å². The van der Waals surface area contributed by atoms with E-state index in [1.807, 2.05) is 0 Å². The first-order valence-electron chi connectivity index (χ1n) is 10.8. The highest BCUT2D eigenvalue weighted by atomic mass is 35.5. The van der Waals surface area contributed by atoms with E-state index < -0.39 is 44.2 Å². The van der Waals surface area contributed by atoms with Crippen LogP contribution in [0.2, 0.25) is 5.02 Å². The molecule has 1 aliphatic heterocycles. The summed E-state index contributed by atoms with van der Waals surface area (Å²) in [5.74, 6) is -0.715. The molecule has 37 heavy (non-hydrogen) atoms. The summed E-state index contributed by atoms with van der Waals surface area (Å²) in [6.07, 6.45) is -3.62. The Morgan fingerprint density at radius 2 is 1.84 bits per heavy atom. The van der Waals surface area contributed by atoms with E-state index in [0.29, 0.717) is 11.4 Å². The number of nitrogens with one attached hydrogen (secondary N) is 1. The van der Waals surface area contributed by atoms with E-state index in [2.05, 4.69) is 10.4 Å². The van der Waals surface area contributed by atoms with E-state index in [-0.39, 0.29) is 24.4 Å². The van der Waals surface area contributed by atoms with Crippen molar-refractivity contribution in [2.75, 3.05) is 36.1 Å². The molecule has 1 N–H and O–H groups in total. The largest absolute Gasteiger partial charge is 0.465 e. The van der Waals surface area contributed by atoms with Crippen molar-refractivity contribution in [1.82, 2.24) is 5.01 Å². The van der Waals surface area contributed by atoms with E-state index in [9.17, 15) is 31.2 Å². The van der Waals surface area contributed by atoms with Gasteiger partial charge in [-0.25, -0.2) is 18.2 Å². The first kappa shape index (κ1) is 28.3. The van der Waals surface area contributed by atoms with Gasteiger partial charge in [-0.15, -0.1) is 0 Å². The maximum atomic E-state index is 13.2. The molecule has 1 heterocycles. The Labute approximate surface area is 216 Å². The molecule has 200 valence electrons. The average molecular weight is 561 g/mol. The SMILES string of the molecule is CCOC(=O)C1(C)CN(C(=O)Nc2ccc(N(C)S(C)(=O)=O)cc2)N=C1c1ccc(C(F)(F)F)c(Cl)c1. The van der Waals surface area contributed by atoms with Crippen LogP contribution in [0.25, 0.3) is 0 Å². The fraction of sp³-hybridized carbons (Fsp3) is 0.348. The zero-order valence-corrected chi connectivity index (χ0v) is 21.8. The van der Waals surface area contributed by atoms with E-state index in [1.165, 1.54) is 38.2 Å². The number of halogens is 4. The topological polar surface area (TPSA) is 108 Å². The first-order chi connectivity index (χ1) is 17.1. The molecule has 0 aliphatic carbocycles. The average Bonchev–Trinajstić information content (AvgIpc) is 3.17. The maximum absolute atomic E-state index is 13.2. The molecule has 0 saturated carbocycles. The van der Waals surface area contributed by atoms with Crippen LogP contribution in [0.5, 0.6) is 0 Å². The number of sulfonamides is 1. The second-order valence-electron chi connectivity index (χ2n) is 8.46. The van der Waals surface area contributed by atoms with Gasteiger partial charge in [0.2, 0.25) is 10.0 Å². The number of benzene rings is 2. The molecule has 14 heteroatoms. The predicted octanol–water partition coefficient (Wildman–Crippen LogP) is 4.58. The first-order valence-corrected chi connectivity index (χ1v) is 13.1. The second kappa shape index (κ2) is 10.2. The normalized spacial score (nSPS) is 17.8. The Morgan fingerprint density at radius 3 is 2.35 bits per heavy atom. The zero-order valence-electron chi connectivity index (χ0n) is 20.3. The van der Waals surface area contributed by atoms with Gasteiger partial charge in [0.05, 0.1) is 41.4 Å². The number of anilines is 2. The van der Waals surface area contributed by atoms with Crippen LogP contribution in [0.15, 0.2) is 47.6 Å². The molecular formula is C23H24ClF3N4O5S. The van der Waals surface area contributed by atoms with Crippen molar-refractivity contribution < 1.29 is 35.9 Å². The molecule has 3 rings (SSSR count). The van der Waals surface area contributed by atoms with Gasteiger partial charge in [0, 0.05) is 18.3 Å². The van der Waals surface area contributed by atoms with Crippen molar-refractivity contribution >= 4 is 50.7 Å². The highest BCUT2D eigenvalue weighted by Crippen LogP contribution is 2.38. The quantitative estimate of drug-likeness (QED) is 0.520. The van der Waals surface area contributed by atoms with Gasteiger partial charge in [0.1, 0.15) is 5.41 Å². The number of rotatable bonds is 6.